The van der Waals surface area contributed by atoms with Gasteiger partial charge in [-0.3, -0.25) is 4.79 Å². The van der Waals surface area contributed by atoms with E-state index in [2.05, 4.69) is 5.32 Å². The Kier molecular flexibility index (Phi) is 5.58. The number of thioether (sulfide) groups is 1. The van der Waals surface area contributed by atoms with E-state index in [-0.39, 0.29) is 5.91 Å². The zero-order chi connectivity index (χ0) is 12.0. The lowest BCUT2D eigenvalue weighted by Crippen LogP contribution is -2.47. The normalized spacial score (nSPS) is 20.7. The standard InChI is InChI=1S/C11H22N2O2S/c1-16-7-4-9(12)10(14)13-8-11(15)5-2-3-6-11/h9,15H,2-8,12H2,1H3,(H,13,14)/t9-/m1/s1. The lowest BCUT2D eigenvalue weighted by atomic mass is 10.0. The first kappa shape index (κ1) is 13.8. The summed E-state index contributed by atoms with van der Waals surface area (Å²) in [7, 11) is 0. The summed E-state index contributed by atoms with van der Waals surface area (Å²) in [4.78, 5) is 11.6. The Morgan fingerprint density at radius 2 is 2.19 bits per heavy atom. The first-order chi connectivity index (χ1) is 7.57. The maximum absolute atomic E-state index is 11.6. The van der Waals surface area contributed by atoms with Crippen molar-refractivity contribution in [2.24, 2.45) is 5.73 Å². The van der Waals surface area contributed by atoms with Crippen LogP contribution in [-0.2, 0) is 4.79 Å². The van der Waals surface area contributed by atoms with Gasteiger partial charge in [0.05, 0.1) is 11.6 Å². The van der Waals surface area contributed by atoms with Gasteiger partial charge in [0.15, 0.2) is 0 Å². The summed E-state index contributed by atoms with van der Waals surface area (Å²) in [5, 5.41) is 12.8. The van der Waals surface area contributed by atoms with Crippen molar-refractivity contribution in [1.82, 2.24) is 5.32 Å². The molecule has 1 atom stereocenters. The summed E-state index contributed by atoms with van der Waals surface area (Å²) in [6.45, 7) is 0.346. The van der Waals surface area contributed by atoms with Crippen LogP contribution in [0, 0.1) is 0 Å². The summed E-state index contributed by atoms with van der Waals surface area (Å²) >= 11 is 1.68. The highest BCUT2D eigenvalue weighted by Crippen LogP contribution is 2.28. The molecule has 1 fully saturated rings. The Hall–Kier alpha value is -0.260. The van der Waals surface area contributed by atoms with Crippen LogP contribution < -0.4 is 11.1 Å². The van der Waals surface area contributed by atoms with Gasteiger partial charge in [-0.15, -0.1) is 0 Å². The molecule has 0 bridgehead atoms. The van der Waals surface area contributed by atoms with Crippen molar-refractivity contribution in [2.45, 2.75) is 43.7 Å². The number of aliphatic hydroxyl groups is 1. The van der Waals surface area contributed by atoms with Gasteiger partial charge in [-0.2, -0.15) is 11.8 Å². The first-order valence-corrected chi connectivity index (χ1v) is 7.21. The van der Waals surface area contributed by atoms with Gasteiger partial charge in [0.25, 0.3) is 0 Å². The molecule has 0 heterocycles. The SMILES string of the molecule is CSCC[C@@H](N)C(=O)NCC1(O)CCCC1. The van der Waals surface area contributed by atoms with Crippen molar-refractivity contribution in [2.75, 3.05) is 18.6 Å². The molecule has 0 radical (unpaired) electrons. The zero-order valence-electron chi connectivity index (χ0n) is 9.87. The fourth-order valence-electron chi connectivity index (χ4n) is 1.97. The molecular formula is C11H22N2O2S. The maximum Gasteiger partial charge on any atom is 0.237 e. The van der Waals surface area contributed by atoms with E-state index in [1.807, 2.05) is 6.26 Å². The van der Waals surface area contributed by atoms with E-state index in [0.717, 1.165) is 31.4 Å². The van der Waals surface area contributed by atoms with E-state index in [4.69, 9.17) is 5.73 Å². The highest BCUT2D eigenvalue weighted by Gasteiger charge is 2.31. The van der Waals surface area contributed by atoms with Crippen LogP contribution >= 0.6 is 11.8 Å². The molecule has 0 aromatic heterocycles. The molecule has 0 spiro atoms. The second kappa shape index (κ2) is 6.47. The third-order valence-corrected chi connectivity index (χ3v) is 3.74. The number of nitrogens with two attached hydrogens (primary N) is 1. The predicted molar refractivity (Wildman–Crippen MR) is 67.4 cm³/mol. The Morgan fingerprint density at radius 3 is 2.75 bits per heavy atom. The minimum atomic E-state index is -0.686. The Balaban J connectivity index is 2.23. The van der Waals surface area contributed by atoms with Gasteiger partial charge in [-0.1, -0.05) is 12.8 Å². The first-order valence-electron chi connectivity index (χ1n) is 5.82. The van der Waals surface area contributed by atoms with Gasteiger partial charge in [-0.05, 0) is 31.3 Å². The van der Waals surface area contributed by atoms with E-state index >= 15 is 0 Å². The summed E-state index contributed by atoms with van der Waals surface area (Å²) in [6, 6.07) is -0.447. The van der Waals surface area contributed by atoms with Gasteiger partial charge in [-0.25, -0.2) is 0 Å². The fraction of sp³-hybridized carbons (Fsp3) is 0.909. The quantitative estimate of drug-likeness (QED) is 0.637. The van der Waals surface area contributed by atoms with Crippen LogP contribution in [0.2, 0.25) is 0 Å². The van der Waals surface area contributed by atoms with Gasteiger partial charge in [0.2, 0.25) is 5.91 Å². The van der Waals surface area contributed by atoms with Gasteiger partial charge in [0, 0.05) is 6.54 Å². The number of hydrogen-bond acceptors (Lipinski definition) is 4. The Bertz CT molecular complexity index is 230. The molecule has 4 nitrogen and oxygen atoms in total. The molecule has 1 amide bonds. The molecule has 0 unspecified atom stereocenters. The van der Waals surface area contributed by atoms with Crippen LogP contribution in [0.25, 0.3) is 0 Å². The van der Waals surface area contributed by atoms with Gasteiger partial charge < -0.3 is 16.2 Å². The largest absolute Gasteiger partial charge is 0.388 e. The molecule has 0 saturated heterocycles. The highest BCUT2D eigenvalue weighted by molar-refractivity contribution is 7.98. The average molecular weight is 246 g/mol. The lowest BCUT2D eigenvalue weighted by Gasteiger charge is -2.23. The second-order valence-electron chi connectivity index (χ2n) is 4.54. The van der Waals surface area contributed by atoms with Crippen molar-refractivity contribution in [1.29, 1.82) is 0 Å². The van der Waals surface area contributed by atoms with Gasteiger partial charge >= 0.3 is 0 Å². The molecule has 0 aromatic carbocycles. The molecule has 0 aromatic rings. The number of hydrogen-bond donors (Lipinski definition) is 3. The van der Waals surface area contributed by atoms with Crippen LogP contribution in [0.15, 0.2) is 0 Å². The van der Waals surface area contributed by atoms with E-state index in [1.165, 1.54) is 0 Å². The van der Waals surface area contributed by atoms with Crippen molar-refractivity contribution < 1.29 is 9.90 Å². The van der Waals surface area contributed by atoms with Crippen LogP contribution in [0.4, 0.5) is 0 Å². The van der Waals surface area contributed by atoms with Crippen molar-refractivity contribution >= 4 is 17.7 Å². The van der Waals surface area contributed by atoms with Gasteiger partial charge in [0.1, 0.15) is 0 Å². The summed E-state index contributed by atoms with van der Waals surface area (Å²) < 4.78 is 0. The molecule has 1 saturated carbocycles. The van der Waals surface area contributed by atoms with E-state index < -0.39 is 11.6 Å². The van der Waals surface area contributed by atoms with E-state index in [9.17, 15) is 9.90 Å². The van der Waals surface area contributed by atoms with Crippen LogP contribution in [0.3, 0.4) is 0 Å². The molecule has 5 heteroatoms. The predicted octanol–water partition coefficient (Wildman–Crippen LogP) is 0.488. The summed E-state index contributed by atoms with van der Waals surface area (Å²) in [5.41, 5.74) is 5.04. The highest BCUT2D eigenvalue weighted by atomic mass is 32.2. The average Bonchev–Trinajstić information content (AvgIpc) is 2.70. The van der Waals surface area contributed by atoms with E-state index in [0.29, 0.717) is 13.0 Å². The number of nitrogens with one attached hydrogen (secondary N) is 1. The second-order valence-corrected chi connectivity index (χ2v) is 5.52. The van der Waals surface area contributed by atoms with Crippen molar-refractivity contribution in [3.8, 4) is 0 Å². The molecule has 0 aliphatic heterocycles. The molecule has 1 rings (SSSR count). The minimum absolute atomic E-state index is 0.144. The minimum Gasteiger partial charge on any atom is -0.388 e. The van der Waals surface area contributed by atoms with Crippen LogP contribution in [0.1, 0.15) is 32.1 Å². The molecule has 94 valence electrons. The van der Waals surface area contributed by atoms with Crippen LogP contribution in [-0.4, -0.2) is 41.2 Å². The third kappa shape index (κ3) is 4.31. The maximum atomic E-state index is 11.6. The number of carbonyl (C=O) groups is 1. The Morgan fingerprint density at radius 1 is 1.56 bits per heavy atom. The number of rotatable bonds is 6. The lowest BCUT2D eigenvalue weighted by molar-refractivity contribution is -0.123. The molecule has 1 aliphatic rings. The third-order valence-electron chi connectivity index (χ3n) is 3.10. The zero-order valence-corrected chi connectivity index (χ0v) is 10.7. The number of amides is 1. The van der Waals surface area contributed by atoms with Crippen molar-refractivity contribution in [3.05, 3.63) is 0 Å². The van der Waals surface area contributed by atoms with Crippen molar-refractivity contribution in [3.63, 3.8) is 0 Å². The molecular weight excluding hydrogens is 224 g/mol. The molecule has 16 heavy (non-hydrogen) atoms. The summed E-state index contributed by atoms with van der Waals surface area (Å²) in [6.07, 6.45) is 6.34. The Labute approximate surface area is 101 Å². The fourth-order valence-corrected chi connectivity index (χ4v) is 2.46. The molecule has 4 N–H and O–H groups in total. The van der Waals surface area contributed by atoms with E-state index in [1.54, 1.807) is 11.8 Å². The summed E-state index contributed by atoms with van der Waals surface area (Å²) in [5.74, 6) is 0.744. The molecule has 1 aliphatic carbocycles. The monoisotopic (exact) mass is 246 g/mol. The van der Waals surface area contributed by atoms with Crippen LogP contribution in [0.5, 0.6) is 0 Å². The topological polar surface area (TPSA) is 75.4 Å². The smallest absolute Gasteiger partial charge is 0.237 e. The number of carbonyl (C=O) groups excluding carboxylic acids is 1.